The molecule has 0 unspecified atom stereocenters. The molecule has 0 bridgehead atoms. The third-order valence-electron chi connectivity index (χ3n) is 0.543. The summed E-state index contributed by atoms with van der Waals surface area (Å²) in [6, 6.07) is 0. The highest BCUT2D eigenvalue weighted by Gasteiger charge is 2.20. The Bertz CT molecular complexity index is 114. The lowest BCUT2D eigenvalue weighted by Crippen LogP contribution is -2.20. The Hall–Kier alpha value is -1.10. The van der Waals surface area contributed by atoms with Crippen LogP contribution in [0.2, 0.25) is 0 Å². The highest BCUT2D eigenvalue weighted by molar-refractivity contribution is 5.91. The predicted octanol–water partition coefficient (Wildman–Crippen LogP) is -0.677. The monoisotopic (exact) mass is 118 g/mol. The molecular weight excluding hydrogens is 116 g/mol. The average molecular weight is 118 g/mol. The lowest BCUT2D eigenvalue weighted by molar-refractivity contribution is -0.468. The molecule has 0 amide bonds. The molecule has 8 heavy (non-hydrogen) atoms. The normalized spacial score (nSPS) is 19.5. The Balaban J connectivity index is 2.45. The van der Waals surface area contributed by atoms with Crippen molar-refractivity contribution in [2.75, 3.05) is 0 Å². The zero-order valence-corrected chi connectivity index (χ0v) is 3.75. The second kappa shape index (κ2) is 1.79. The van der Waals surface area contributed by atoms with Crippen LogP contribution in [-0.2, 0) is 24.4 Å². The van der Waals surface area contributed by atoms with Gasteiger partial charge in [0.2, 0.25) is 0 Å². The van der Waals surface area contributed by atoms with Gasteiger partial charge in [0, 0.05) is 5.04 Å². The number of hydrogen-bond donors (Lipinski definition) is 0. The zero-order valence-electron chi connectivity index (χ0n) is 3.75. The summed E-state index contributed by atoms with van der Waals surface area (Å²) < 4.78 is 0. The first-order valence-electron chi connectivity index (χ1n) is 1.86. The first-order valence-corrected chi connectivity index (χ1v) is 1.86. The molecule has 0 atom stereocenters. The van der Waals surface area contributed by atoms with E-state index in [-0.39, 0.29) is 6.42 Å². The summed E-state index contributed by atoms with van der Waals surface area (Å²) in [6.45, 7) is 0. The molecule has 0 N–H and O–H groups in total. The highest BCUT2D eigenvalue weighted by Crippen LogP contribution is 1.98. The van der Waals surface area contributed by atoms with Crippen molar-refractivity contribution in [1.82, 2.24) is 0 Å². The molecule has 0 aromatic carbocycles. The molecule has 0 saturated carbocycles. The van der Waals surface area contributed by atoms with Crippen molar-refractivity contribution in [3.63, 3.8) is 0 Å². The van der Waals surface area contributed by atoms with Gasteiger partial charge in [0.25, 0.3) is 0 Å². The third kappa shape index (κ3) is 0.941. The summed E-state index contributed by atoms with van der Waals surface area (Å²) in [5, 5.41) is 3.59. The van der Waals surface area contributed by atoms with E-state index in [0.29, 0.717) is 0 Å². The molecule has 1 rings (SSSR count). The van der Waals surface area contributed by atoms with Gasteiger partial charge in [-0.1, -0.05) is 0 Å². The van der Waals surface area contributed by atoms with Crippen LogP contribution in [0.25, 0.3) is 0 Å². The van der Waals surface area contributed by atoms with Crippen molar-refractivity contribution in [3.8, 4) is 0 Å². The van der Waals surface area contributed by atoms with Gasteiger partial charge in [-0.3, -0.25) is 9.78 Å². The van der Waals surface area contributed by atoms with E-state index < -0.39 is 11.9 Å². The van der Waals surface area contributed by atoms with Gasteiger partial charge in [0.15, 0.2) is 6.42 Å². The second-order valence-electron chi connectivity index (χ2n) is 1.16. The maximum Gasteiger partial charge on any atom is 0.357 e. The van der Waals surface area contributed by atoms with Gasteiger partial charge in [-0.15, -0.1) is 0 Å². The molecule has 0 aliphatic carbocycles. The Morgan fingerprint density at radius 3 is 1.88 bits per heavy atom. The Morgan fingerprint density at radius 1 is 1.12 bits per heavy atom. The molecule has 0 aromatic rings. The van der Waals surface area contributed by atoms with Gasteiger partial charge in [-0.2, -0.15) is 0 Å². The van der Waals surface area contributed by atoms with Gasteiger partial charge in [-0.25, -0.2) is 9.59 Å². The van der Waals surface area contributed by atoms with Crippen LogP contribution in [0.4, 0.5) is 0 Å². The van der Waals surface area contributed by atoms with Crippen molar-refractivity contribution in [1.29, 1.82) is 0 Å². The minimum Gasteiger partial charge on any atom is -0.259 e. The molecule has 0 aromatic heterocycles. The summed E-state index contributed by atoms with van der Waals surface area (Å²) in [4.78, 5) is 27.6. The molecule has 1 aliphatic rings. The summed E-state index contributed by atoms with van der Waals surface area (Å²) in [6.07, 6.45) is -0.375. The molecule has 1 aliphatic heterocycles. The van der Waals surface area contributed by atoms with E-state index in [9.17, 15) is 9.59 Å². The van der Waals surface area contributed by atoms with Gasteiger partial charge in [0.05, 0.1) is 0 Å². The van der Waals surface area contributed by atoms with E-state index >= 15 is 0 Å². The maximum absolute atomic E-state index is 10.0. The number of hydrogen-bond acceptors (Lipinski definition) is 5. The van der Waals surface area contributed by atoms with Crippen LogP contribution in [0, 0.1) is 0 Å². The molecule has 1 fully saturated rings. The van der Waals surface area contributed by atoms with Gasteiger partial charge >= 0.3 is 11.9 Å². The van der Waals surface area contributed by atoms with E-state index in [1.54, 1.807) is 0 Å². The van der Waals surface area contributed by atoms with E-state index in [2.05, 4.69) is 14.8 Å². The summed E-state index contributed by atoms with van der Waals surface area (Å²) in [7, 11) is 0. The fourth-order valence-electron chi connectivity index (χ4n) is 0.270. The van der Waals surface area contributed by atoms with Gasteiger partial charge in [-0.05, 0) is 0 Å². The lowest BCUT2D eigenvalue weighted by atomic mass is 10.4. The van der Waals surface area contributed by atoms with Crippen LogP contribution >= 0.6 is 0 Å². The molecule has 0 radical (unpaired) electrons. The van der Waals surface area contributed by atoms with Gasteiger partial charge < -0.3 is 0 Å². The first kappa shape index (κ1) is 5.04. The number of carbonyl (C=O) groups excluding carboxylic acids is 2. The van der Waals surface area contributed by atoms with Crippen molar-refractivity contribution < 1.29 is 24.4 Å². The smallest absolute Gasteiger partial charge is 0.259 e. The predicted molar refractivity (Wildman–Crippen MR) is 17.9 cm³/mol. The topological polar surface area (TPSA) is 61.8 Å². The third-order valence-corrected chi connectivity index (χ3v) is 0.543. The molecule has 0 spiro atoms. The summed E-state index contributed by atoms with van der Waals surface area (Å²) in [5.41, 5.74) is 0. The van der Waals surface area contributed by atoms with Crippen molar-refractivity contribution >= 4 is 11.9 Å². The molecule has 1 heterocycles. The molecule has 44 valence electrons. The Morgan fingerprint density at radius 2 is 1.62 bits per heavy atom. The van der Waals surface area contributed by atoms with Crippen molar-refractivity contribution in [2.24, 2.45) is 0 Å². The van der Waals surface area contributed by atoms with Crippen molar-refractivity contribution in [2.45, 2.75) is 6.42 Å². The van der Waals surface area contributed by atoms with Crippen LogP contribution in [0.3, 0.4) is 0 Å². The van der Waals surface area contributed by atoms with E-state index in [1.165, 1.54) is 0 Å². The summed E-state index contributed by atoms with van der Waals surface area (Å²) in [5.74, 6) is -1.47. The van der Waals surface area contributed by atoms with E-state index in [0.717, 1.165) is 0 Å². The van der Waals surface area contributed by atoms with Gasteiger partial charge in [0.1, 0.15) is 0 Å². The molecule has 5 heteroatoms. The second-order valence-corrected chi connectivity index (χ2v) is 1.16. The van der Waals surface area contributed by atoms with Crippen LogP contribution in [0.1, 0.15) is 6.42 Å². The van der Waals surface area contributed by atoms with Crippen LogP contribution < -0.4 is 0 Å². The molecular formula is C3H2O5. The average Bonchev–Trinajstić information content (AvgIpc) is 1.64. The fourth-order valence-corrected chi connectivity index (χ4v) is 0.270. The Labute approximate surface area is 44.0 Å². The fraction of sp³-hybridized carbons (Fsp3) is 0.333. The highest BCUT2D eigenvalue weighted by atomic mass is 17.5. The zero-order chi connectivity index (χ0) is 5.98. The van der Waals surface area contributed by atoms with E-state index in [1.807, 2.05) is 0 Å². The van der Waals surface area contributed by atoms with Crippen LogP contribution in [-0.4, -0.2) is 11.9 Å². The molecule has 1 saturated heterocycles. The maximum atomic E-state index is 10.0. The van der Waals surface area contributed by atoms with Crippen molar-refractivity contribution in [3.05, 3.63) is 0 Å². The van der Waals surface area contributed by atoms with Crippen LogP contribution in [0.5, 0.6) is 0 Å². The SMILES string of the molecule is O=C1CC(=O)OOO1. The molecule has 5 nitrogen and oxygen atoms in total. The minimum absolute atomic E-state index is 0.375. The number of carbonyl (C=O) groups is 2. The standard InChI is InChI=1S/C3H2O5/c4-2-1-3(5)7-8-6-2/h1H2. The lowest BCUT2D eigenvalue weighted by Gasteiger charge is -2.04. The minimum atomic E-state index is -0.735. The first-order chi connectivity index (χ1) is 3.79. The quantitative estimate of drug-likeness (QED) is 0.311. The van der Waals surface area contributed by atoms with Crippen LogP contribution in [0.15, 0.2) is 0 Å². The van der Waals surface area contributed by atoms with E-state index in [4.69, 9.17) is 0 Å². The summed E-state index contributed by atoms with van der Waals surface area (Å²) >= 11 is 0. The number of rotatable bonds is 0. The Kier molecular flexibility index (Phi) is 1.13. The largest absolute Gasteiger partial charge is 0.357 e.